The smallest absolute Gasteiger partial charge is 0.191 e. The molecule has 2 N–H and O–H groups in total. The summed E-state index contributed by atoms with van der Waals surface area (Å²) < 4.78 is 19.6. The largest absolute Gasteiger partial charge is 0.379 e. The fraction of sp³-hybridized carbons (Fsp3) is 0.522. The van der Waals surface area contributed by atoms with E-state index in [9.17, 15) is 4.39 Å². The quantitative estimate of drug-likeness (QED) is 0.286. The molecule has 0 bridgehead atoms. The molecule has 1 atom stereocenters. The van der Waals surface area contributed by atoms with Gasteiger partial charge in [-0.15, -0.1) is 35.3 Å². The molecule has 6 nitrogen and oxygen atoms in total. The van der Waals surface area contributed by atoms with Crippen molar-refractivity contribution in [1.82, 2.24) is 20.4 Å². The average molecular weight is 576 g/mol. The van der Waals surface area contributed by atoms with E-state index in [2.05, 4.69) is 39.6 Å². The Morgan fingerprint density at radius 2 is 1.97 bits per heavy atom. The number of benzene rings is 1. The van der Waals surface area contributed by atoms with Gasteiger partial charge in [0, 0.05) is 55.1 Å². The fourth-order valence-corrected chi connectivity index (χ4v) is 4.74. The van der Waals surface area contributed by atoms with Gasteiger partial charge < -0.3 is 20.3 Å². The van der Waals surface area contributed by atoms with Crippen LogP contribution in [0.2, 0.25) is 0 Å². The molecule has 3 rings (SSSR count). The lowest BCUT2D eigenvalue weighted by atomic mass is 10.1. The number of halogens is 2. The minimum Gasteiger partial charge on any atom is -0.379 e. The zero-order valence-corrected chi connectivity index (χ0v) is 22.5. The summed E-state index contributed by atoms with van der Waals surface area (Å²) in [7, 11) is 5.66. The second-order valence-corrected chi connectivity index (χ2v) is 9.40. The molecule has 1 aromatic carbocycles. The Morgan fingerprint density at radius 1 is 1.22 bits per heavy atom. The number of morpholine rings is 1. The first kappa shape index (κ1) is 27.0. The second-order valence-electron chi connectivity index (χ2n) is 8.08. The number of hydrogen-bond donors (Lipinski definition) is 2. The van der Waals surface area contributed by atoms with Gasteiger partial charge in [0.05, 0.1) is 19.3 Å². The molecular weight excluding hydrogens is 540 g/mol. The van der Waals surface area contributed by atoms with E-state index in [1.54, 1.807) is 13.1 Å². The lowest BCUT2D eigenvalue weighted by Crippen LogP contribution is -2.46. The summed E-state index contributed by atoms with van der Waals surface area (Å²) in [5.74, 6) is 0.574. The van der Waals surface area contributed by atoms with Crippen LogP contribution in [0.25, 0.3) is 0 Å². The van der Waals surface area contributed by atoms with Crippen LogP contribution in [0.15, 0.2) is 35.3 Å². The number of rotatable bonds is 8. The normalized spacial score (nSPS) is 16.0. The van der Waals surface area contributed by atoms with E-state index in [0.29, 0.717) is 18.7 Å². The van der Waals surface area contributed by atoms with Crippen LogP contribution in [0.1, 0.15) is 26.9 Å². The SMILES string of the molecule is CN=C(NCc1ccc(F)c(CN(C)C)c1)NCC(c1ccc(C)s1)N1CCOCC1.I. The predicted molar refractivity (Wildman–Crippen MR) is 142 cm³/mol. The lowest BCUT2D eigenvalue weighted by Gasteiger charge is -2.34. The van der Waals surface area contributed by atoms with Crippen LogP contribution < -0.4 is 10.6 Å². The van der Waals surface area contributed by atoms with Gasteiger partial charge in [0.2, 0.25) is 0 Å². The molecule has 32 heavy (non-hydrogen) atoms. The molecule has 9 heteroatoms. The van der Waals surface area contributed by atoms with Gasteiger partial charge in [0.15, 0.2) is 5.96 Å². The Hall–Kier alpha value is -1.27. The number of nitrogens with one attached hydrogen (secondary N) is 2. The highest BCUT2D eigenvalue weighted by molar-refractivity contribution is 14.0. The Bertz CT molecular complexity index is 870. The third-order valence-electron chi connectivity index (χ3n) is 5.32. The maximum atomic E-state index is 14.0. The van der Waals surface area contributed by atoms with Crippen LogP contribution in [0, 0.1) is 12.7 Å². The zero-order chi connectivity index (χ0) is 22.2. The van der Waals surface area contributed by atoms with Gasteiger partial charge in [-0.1, -0.05) is 6.07 Å². The number of aryl methyl sites for hydroxylation is 1. The summed E-state index contributed by atoms with van der Waals surface area (Å²) in [5.41, 5.74) is 1.73. The van der Waals surface area contributed by atoms with E-state index in [1.807, 2.05) is 42.5 Å². The van der Waals surface area contributed by atoms with E-state index >= 15 is 0 Å². The summed E-state index contributed by atoms with van der Waals surface area (Å²) in [6.45, 7) is 7.47. The second kappa shape index (κ2) is 13.4. The van der Waals surface area contributed by atoms with Crippen LogP contribution in [0.3, 0.4) is 0 Å². The van der Waals surface area contributed by atoms with Crippen molar-refractivity contribution in [1.29, 1.82) is 0 Å². The number of thiophene rings is 1. The van der Waals surface area contributed by atoms with Crippen LogP contribution in [-0.4, -0.2) is 69.8 Å². The first-order valence-electron chi connectivity index (χ1n) is 10.7. The molecule has 1 aliphatic rings. The van der Waals surface area contributed by atoms with Crippen molar-refractivity contribution in [2.75, 3.05) is 54.0 Å². The summed E-state index contributed by atoms with van der Waals surface area (Å²) in [6.07, 6.45) is 0. The maximum absolute atomic E-state index is 14.0. The molecule has 1 saturated heterocycles. The first-order chi connectivity index (χ1) is 15.0. The first-order valence-corrected chi connectivity index (χ1v) is 11.5. The van der Waals surface area contributed by atoms with Crippen molar-refractivity contribution in [2.24, 2.45) is 4.99 Å². The molecule has 0 amide bonds. The van der Waals surface area contributed by atoms with Crippen LogP contribution in [-0.2, 0) is 17.8 Å². The number of guanidine groups is 1. The molecule has 2 aromatic rings. The van der Waals surface area contributed by atoms with Crippen molar-refractivity contribution < 1.29 is 9.13 Å². The molecule has 1 aromatic heterocycles. The minimum atomic E-state index is -0.167. The van der Waals surface area contributed by atoms with Crippen molar-refractivity contribution in [3.05, 3.63) is 57.0 Å². The topological polar surface area (TPSA) is 52.1 Å². The van der Waals surface area contributed by atoms with Gasteiger partial charge in [-0.05, 0) is 50.8 Å². The van der Waals surface area contributed by atoms with Gasteiger partial charge in [-0.25, -0.2) is 4.39 Å². The average Bonchev–Trinajstić information content (AvgIpc) is 3.19. The van der Waals surface area contributed by atoms with Crippen molar-refractivity contribution >= 4 is 41.3 Å². The van der Waals surface area contributed by atoms with E-state index in [4.69, 9.17) is 4.74 Å². The summed E-state index contributed by atoms with van der Waals surface area (Å²) >= 11 is 1.84. The molecule has 2 heterocycles. The van der Waals surface area contributed by atoms with Crippen molar-refractivity contribution in [3.63, 3.8) is 0 Å². The number of nitrogens with zero attached hydrogens (tertiary/aromatic N) is 3. The van der Waals surface area contributed by atoms with Crippen LogP contribution >= 0.6 is 35.3 Å². The Morgan fingerprint density at radius 3 is 2.59 bits per heavy atom. The lowest BCUT2D eigenvalue weighted by molar-refractivity contribution is 0.0177. The third kappa shape index (κ3) is 7.95. The molecule has 0 saturated carbocycles. The highest BCUT2D eigenvalue weighted by Crippen LogP contribution is 2.27. The molecule has 0 radical (unpaired) electrons. The fourth-order valence-electron chi connectivity index (χ4n) is 3.73. The summed E-state index contributed by atoms with van der Waals surface area (Å²) in [5, 5.41) is 6.85. The Balaban J connectivity index is 0.00000363. The van der Waals surface area contributed by atoms with E-state index in [1.165, 1.54) is 9.75 Å². The van der Waals surface area contributed by atoms with Gasteiger partial charge in [0.1, 0.15) is 5.82 Å². The van der Waals surface area contributed by atoms with E-state index < -0.39 is 0 Å². The van der Waals surface area contributed by atoms with Gasteiger partial charge in [-0.3, -0.25) is 9.89 Å². The highest BCUT2D eigenvalue weighted by atomic mass is 127. The third-order valence-corrected chi connectivity index (χ3v) is 6.42. The van der Waals surface area contributed by atoms with Crippen molar-refractivity contribution in [3.8, 4) is 0 Å². The summed E-state index contributed by atoms with van der Waals surface area (Å²) in [4.78, 5) is 11.5. The molecule has 1 fully saturated rings. The molecular formula is C23H35FIN5OS. The predicted octanol–water partition coefficient (Wildman–Crippen LogP) is 3.61. The number of hydrogen-bond acceptors (Lipinski definition) is 5. The van der Waals surface area contributed by atoms with Crippen LogP contribution in [0.5, 0.6) is 0 Å². The van der Waals surface area contributed by atoms with Crippen LogP contribution in [0.4, 0.5) is 4.39 Å². The zero-order valence-electron chi connectivity index (χ0n) is 19.4. The Kier molecular flexibility index (Phi) is 11.3. The van der Waals surface area contributed by atoms with E-state index in [-0.39, 0.29) is 35.8 Å². The number of ether oxygens (including phenoxy) is 1. The minimum absolute atomic E-state index is 0. The molecule has 0 aliphatic carbocycles. The maximum Gasteiger partial charge on any atom is 0.191 e. The molecule has 0 spiro atoms. The number of aliphatic imine (C=N–C) groups is 1. The molecule has 1 unspecified atom stereocenters. The monoisotopic (exact) mass is 575 g/mol. The van der Waals surface area contributed by atoms with Gasteiger partial charge >= 0.3 is 0 Å². The van der Waals surface area contributed by atoms with Gasteiger partial charge in [0.25, 0.3) is 0 Å². The van der Waals surface area contributed by atoms with E-state index in [0.717, 1.165) is 44.4 Å². The summed E-state index contributed by atoms with van der Waals surface area (Å²) in [6, 6.07) is 9.96. The standard InChI is InChI=1S/C23H34FN5OS.HI/c1-17-5-8-22(31-17)21(29-9-11-30-12-10-29)15-27-23(25-2)26-14-18-6-7-20(24)19(13-18)16-28(3)4;/h5-8,13,21H,9-12,14-16H2,1-4H3,(H2,25,26,27);1H. The van der Waals surface area contributed by atoms with Crippen molar-refractivity contribution in [2.45, 2.75) is 26.1 Å². The van der Waals surface area contributed by atoms with Gasteiger partial charge in [-0.2, -0.15) is 0 Å². The Labute approximate surface area is 212 Å². The highest BCUT2D eigenvalue weighted by Gasteiger charge is 2.24. The molecule has 178 valence electrons. The molecule has 1 aliphatic heterocycles.